The number of hydrogen-bond donors (Lipinski definition) is 1. The number of amidine groups is 1. The molecule has 3 rings (SSSR count). The number of phenols is 1. The number of hydrogen-bond acceptors (Lipinski definition) is 5. The number of amides is 1. The van der Waals surface area contributed by atoms with E-state index in [2.05, 4.69) is 20.9 Å². The van der Waals surface area contributed by atoms with Crippen LogP contribution in [-0.4, -0.2) is 34.2 Å². The summed E-state index contributed by atoms with van der Waals surface area (Å²) in [6.45, 7) is 4.91. The fourth-order valence-electron chi connectivity index (χ4n) is 2.60. The van der Waals surface area contributed by atoms with E-state index in [0.717, 1.165) is 11.4 Å². The van der Waals surface area contributed by atoms with Crippen molar-refractivity contribution >= 4 is 62.1 Å². The first kappa shape index (κ1) is 20.8. The van der Waals surface area contributed by atoms with E-state index in [1.807, 2.05) is 38.1 Å². The van der Waals surface area contributed by atoms with E-state index in [4.69, 9.17) is 16.3 Å². The van der Waals surface area contributed by atoms with Crippen LogP contribution in [0.25, 0.3) is 6.08 Å². The Morgan fingerprint density at radius 3 is 2.64 bits per heavy atom. The van der Waals surface area contributed by atoms with E-state index < -0.39 is 0 Å². The maximum Gasteiger partial charge on any atom is 0.266 e. The minimum absolute atomic E-state index is 0.0642. The van der Waals surface area contributed by atoms with Gasteiger partial charge in [0.15, 0.2) is 5.17 Å². The van der Waals surface area contributed by atoms with Crippen LogP contribution >= 0.6 is 39.3 Å². The molecule has 8 heteroatoms. The Labute approximate surface area is 181 Å². The summed E-state index contributed by atoms with van der Waals surface area (Å²) in [4.78, 5) is 19.4. The topological polar surface area (TPSA) is 62.1 Å². The van der Waals surface area contributed by atoms with Crippen LogP contribution in [0.2, 0.25) is 5.02 Å². The van der Waals surface area contributed by atoms with E-state index in [1.54, 1.807) is 23.1 Å². The molecule has 1 aliphatic rings. The number of aromatic hydroxyl groups is 1. The molecule has 1 fully saturated rings. The van der Waals surface area contributed by atoms with Gasteiger partial charge in [-0.25, -0.2) is 4.99 Å². The SMILES string of the molecule is CCOc1ccc(N=C2S/C(=C/c3cc(Br)cc(Cl)c3O)C(=O)N2CC)cc1. The van der Waals surface area contributed by atoms with Crippen molar-refractivity contribution in [3.8, 4) is 11.5 Å². The highest BCUT2D eigenvalue weighted by Crippen LogP contribution is 2.38. The zero-order chi connectivity index (χ0) is 20.3. The number of thioether (sulfide) groups is 1. The summed E-state index contributed by atoms with van der Waals surface area (Å²) in [6, 6.07) is 10.7. The average molecular weight is 482 g/mol. The van der Waals surface area contributed by atoms with Crippen LogP contribution in [0.15, 0.2) is 50.8 Å². The zero-order valence-electron chi connectivity index (χ0n) is 15.3. The number of nitrogens with zero attached hydrogens (tertiary/aromatic N) is 2. The normalized spacial score (nSPS) is 17.0. The molecule has 1 aliphatic heterocycles. The first-order valence-electron chi connectivity index (χ1n) is 8.64. The van der Waals surface area contributed by atoms with Gasteiger partial charge in [-0.1, -0.05) is 27.5 Å². The molecule has 1 N–H and O–H groups in total. The predicted octanol–water partition coefficient (Wildman–Crippen LogP) is 5.83. The van der Waals surface area contributed by atoms with Gasteiger partial charge in [-0.05, 0) is 68.1 Å². The lowest BCUT2D eigenvalue weighted by Gasteiger charge is -2.12. The van der Waals surface area contributed by atoms with Gasteiger partial charge in [-0.3, -0.25) is 9.69 Å². The molecule has 0 saturated carbocycles. The maximum atomic E-state index is 12.8. The molecule has 1 saturated heterocycles. The van der Waals surface area contributed by atoms with Gasteiger partial charge in [-0.15, -0.1) is 0 Å². The van der Waals surface area contributed by atoms with E-state index in [1.165, 1.54) is 11.8 Å². The monoisotopic (exact) mass is 480 g/mol. The van der Waals surface area contributed by atoms with Crippen LogP contribution in [0.1, 0.15) is 19.4 Å². The summed E-state index contributed by atoms with van der Waals surface area (Å²) in [5.41, 5.74) is 1.19. The van der Waals surface area contributed by atoms with Gasteiger partial charge in [-0.2, -0.15) is 0 Å². The highest BCUT2D eigenvalue weighted by atomic mass is 79.9. The smallest absolute Gasteiger partial charge is 0.266 e. The van der Waals surface area contributed by atoms with Crippen molar-refractivity contribution in [1.29, 1.82) is 0 Å². The molecule has 0 bridgehead atoms. The Bertz CT molecular complexity index is 961. The molecule has 1 heterocycles. The number of carbonyl (C=O) groups is 1. The maximum absolute atomic E-state index is 12.8. The summed E-state index contributed by atoms with van der Waals surface area (Å²) in [6.07, 6.45) is 1.63. The second-order valence-corrected chi connectivity index (χ2v) is 8.14. The van der Waals surface area contributed by atoms with Gasteiger partial charge < -0.3 is 9.84 Å². The van der Waals surface area contributed by atoms with Crippen molar-refractivity contribution in [3.63, 3.8) is 0 Å². The number of rotatable bonds is 5. The molecule has 0 aliphatic carbocycles. The molecule has 28 heavy (non-hydrogen) atoms. The predicted molar refractivity (Wildman–Crippen MR) is 118 cm³/mol. The minimum atomic E-state index is -0.160. The molecule has 0 atom stereocenters. The lowest BCUT2D eigenvalue weighted by molar-refractivity contribution is -0.122. The number of carbonyl (C=O) groups excluding carboxylic acids is 1. The zero-order valence-corrected chi connectivity index (χ0v) is 18.4. The Kier molecular flexibility index (Phi) is 6.69. The molecule has 0 radical (unpaired) electrons. The highest BCUT2D eigenvalue weighted by molar-refractivity contribution is 9.10. The summed E-state index contributed by atoms with van der Waals surface area (Å²) >= 11 is 10.6. The lowest BCUT2D eigenvalue weighted by Crippen LogP contribution is -2.28. The highest BCUT2D eigenvalue weighted by Gasteiger charge is 2.32. The fraction of sp³-hybridized carbons (Fsp3) is 0.200. The number of halogens is 2. The van der Waals surface area contributed by atoms with Crippen molar-refractivity contribution in [3.05, 3.63) is 56.4 Å². The number of aliphatic imine (C=N–C) groups is 1. The Hall–Kier alpha value is -1.96. The third kappa shape index (κ3) is 4.54. The van der Waals surface area contributed by atoms with E-state index in [0.29, 0.717) is 33.3 Å². The van der Waals surface area contributed by atoms with Gasteiger partial charge in [0, 0.05) is 16.6 Å². The summed E-state index contributed by atoms with van der Waals surface area (Å²) in [7, 11) is 0. The van der Waals surface area contributed by atoms with E-state index >= 15 is 0 Å². The Balaban J connectivity index is 1.92. The molecule has 0 unspecified atom stereocenters. The third-order valence-electron chi connectivity index (χ3n) is 3.92. The first-order chi connectivity index (χ1) is 13.4. The molecular weight excluding hydrogens is 464 g/mol. The van der Waals surface area contributed by atoms with Gasteiger partial charge in [0.25, 0.3) is 5.91 Å². The van der Waals surface area contributed by atoms with E-state index in [-0.39, 0.29) is 16.7 Å². The molecule has 146 valence electrons. The molecule has 1 amide bonds. The molecule has 2 aromatic carbocycles. The largest absolute Gasteiger partial charge is 0.506 e. The van der Waals surface area contributed by atoms with Crippen molar-refractivity contribution in [1.82, 2.24) is 4.90 Å². The first-order valence-corrected chi connectivity index (χ1v) is 10.6. The van der Waals surface area contributed by atoms with Gasteiger partial charge >= 0.3 is 0 Å². The number of likely N-dealkylation sites (N-methyl/N-ethyl adjacent to an activating group) is 1. The van der Waals surface area contributed by atoms with Gasteiger partial charge in [0.1, 0.15) is 11.5 Å². The molecule has 0 spiro atoms. The summed E-state index contributed by atoms with van der Waals surface area (Å²) < 4.78 is 6.15. The van der Waals surface area contributed by atoms with Crippen molar-refractivity contribution in [2.45, 2.75) is 13.8 Å². The second-order valence-electron chi connectivity index (χ2n) is 5.81. The van der Waals surface area contributed by atoms with E-state index in [9.17, 15) is 9.90 Å². The second kappa shape index (κ2) is 9.03. The fourth-order valence-corrected chi connectivity index (χ4v) is 4.49. The summed E-state index contributed by atoms with van der Waals surface area (Å²) in [5, 5.41) is 11.0. The third-order valence-corrected chi connectivity index (χ3v) is 5.67. The quantitative estimate of drug-likeness (QED) is 0.546. The standard InChI is InChI=1S/C20H18BrClN2O3S/c1-3-24-19(26)17(10-12-9-13(21)11-16(22)18(12)25)28-20(24)23-14-5-7-15(8-6-14)27-4-2/h5-11,25H,3-4H2,1-2H3/b17-10+,23-20?. The molecular formula is C20H18BrClN2O3S. The lowest BCUT2D eigenvalue weighted by atomic mass is 10.2. The van der Waals surface area contributed by atoms with Crippen LogP contribution in [0.4, 0.5) is 5.69 Å². The number of phenolic OH excluding ortho intramolecular Hbond substituents is 1. The minimum Gasteiger partial charge on any atom is -0.506 e. The molecule has 5 nitrogen and oxygen atoms in total. The van der Waals surface area contributed by atoms with Gasteiger partial charge in [0.05, 0.1) is 22.2 Å². The van der Waals surface area contributed by atoms with Crippen molar-refractivity contribution < 1.29 is 14.6 Å². The van der Waals surface area contributed by atoms with Crippen molar-refractivity contribution in [2.75, 3.05) is 13.2 Å². The number of ether oxygens (including phenoxy) is 1. The molecule has 2 aromatic rings. The Morgan fingerprint density at radius 2 is 2.00 bits per heavy atom. The van der Waals surface area contributed by atoms with Crippen LogP contribution < -0.4 is 4.74 Å². The Morgan fingerprint density at radius 1 is 1.29 bits per heavy atom. The van der Waals surface area contributed by atoms with Crippen LogP contribution in [0.3, 0.4) is 0 Å². The van der Waals surface area contributed by atoms with Crippen molar-refractivity contribution in [2.24, 2.45) is 4.99 Å². The van der Waals surface area contributed by atoms with Crippen LogP contribution in [0.5, 0.6) is 11.5 Å². The summed E-state index contributed by atoms with van der Waals surface area (Å²) in [5.74, 6) is 0.551. The average Bonchev–Trinajstić information content (AvgIpc) is 2.95. The van der Waals surface area contributed by atoms with Gasteiger partial charge in [0.2, 0.25) is 0 Å². The van der Waals surface area contributed by atoms with Crippen LogP contribution in [0, 0.1) is 0 Å². The molecule has 0 aromatic heterocycles. The van der Waals surface area contributed by atoms with Crippen LogP contribution in [-0.2, 0) is 4.79 Å². The number of benzene rings is 2.